The number of rotatable bonds is 6. The van der Waals surface area contributed by atoms with Gasteiger partial charge >= 0.3 is 0 Å². The molecule has 0 unspecified atom stereocenters. The number of nitrogens with zero attached hydrogens (tertiary/aromatic N) is 2. The maximum atomic E-state index is 14.0. The van der Waals surface area contributed by atoms with Crippen LogP contribution in [0.2, 0.25) is 0 Å². The molecule has 15 heteroatoms. The molecule has 0 atom stereocenters. The number of hydrogen-bond acceptors (Lipinski definition) is 5. The molecule has 10 nitrogen and oxygen atoms in total. The molecular weight excluding hydrogens is 845 g/mol. The first kappa shape index (κ1) is 39.9. The summed E-state index contributed by atoms with van der Waals surface area (Å²) in [7, 11) is 0. The average molecular weight is 885 g/mol. The van der Waals surface area contributed by atoms with Gasteiger partial charge in [0, 0.05) is 51.2 Å². The molecule has 55 heavy (non-hydrogen) atoms. The summed E-state index contributed by atoms with van der Waals surface area (Å²) < 4.78 is 40.4. The smallest absolute Gasteiger partial charge is 0.256 e. The van der Waals surface area contributed by atoms with Gasteiger partial charge in [-0.05, 0) is 130 Å². The van der Waals surface area contributed by atoms with E-state index in [1.54, 1.807) is 12.1 Å². The van der Waals surface area contributed by atoms with E-state index >= 15 is 0 Å². The van der Waals surface area contributed by atoms with Crippen molar-refractivity contribution in [3.8, 4) is 0 Å². The average Bonchev–Trinajstić information content (AvgIpc) is 3.84. The van der Waals surface area contributed by atoms with Crippen LogP contribution in [0, 0.1) is 24.4 Å². The number of halogens is 5. The summed E-state index contributed by atoms with van der Waals surface area (Å²) in [5.41, 5.74) is 7.49. The van der Waals surface area contributed by atoms with E-state index in [1.165, 1.54) is 36.4 Å². The van der Waals surface area contributed by atoms with Crippen LogP contribution in [0.1, 0.15) is 64.3 Å². The van der Waals surface area contributed by atoms with Crippen LogP contribution in [0.15, 0.2) is 51.4 Å². The first-order valence-electron chi connectivity index (χ1n) is 17.9. The number of amides is 4. The third kappa shape index (κ3) is 8.89. The van der Waals surface area contributed by atoms with E-state index in [4.69, 9.17) is 0 Å². The summed E-state index contributed by atoms with van der Waals surface area (Å²) in [6.07, 6.45) is 3.95. The van der Waals surface area contributed by atoms with Crippen molar-refractivity contribution in [2.75, 3.05) is 48.7 Å². The van der Waals surface area contributed by atoms with Crippen molar-refractivity contribution in [3.05, 3.63) is 108 Å². The Hall–Kier alpha value is -4.73. The molecular formula is C40H39Br2F3N6O4. The summed E-state index contributed by atoms with van der Waals surface area (Å²) >= 11 is 6.49. The highest BCUT2D eigenvalue weighted by atomic mass is 79.9. The van der Waals surface area contributed by atoms with Crippen molar-refractivity contribution in [3.63, 3.8) is 0 Å². The number of carbonyl (C=O) groups excluding carboxylic acids is 4. The minimum absolute atomic E-state index is 0.0353. The van der Waals surface area contributed by atoms with Crippen LogP contribution in [0.3, 0.4) is 0 Å². The number of likely N-dealkylation sites (N-methyl/N-ethyl adjacent to an activating group) is 1. The van der Waals surface area contributed by atoms with E-state index < -0.39 is 5.82 Å². The zero-order valence-corrected chi connectivity index (χ0v) is 33.6. The van der Waals surface area contributed by atoms with Crippen molar-refractivity contribution in [2.45, 2.75) is 46.5 Å². The number of carbonyl (C=O) groups is 4. The number of hydrogen-bond donors (Lipinski definition) is 4. The topological polar surface area (TPSA) is 127 Å². The molecule has 0 saturated heterocycles. The SMILES string of the molecule is CCN(CC)CCN1CCCc2[nH]c(/C=C3\C(=O)Nc4c(Br)cc(F)cc43)c(C)c2C1=O.O=C1Cc2cc(F)cc(Br)c2N1.O=C1Cc2cc(F)ccc2N1. The van der Waals surface area contributed by atoms with Gasteiger partial charge in [0.2, 0.25) is 11.8 Å². The first-order chi connectivity index (χ1) is 26.3. The number of aryl methyl sites for hydroxylation is 1. The summed E-state index contributed by atoms with van der Waals surface area (Å²) in [5, 5.41) is 8.05. The van der Waals surface area contributed by atoms with Crippen LogP contribution in [0.25, 0.3) is 11.6 Å². The molecule has 4 amide bonds. The highest BCUT2D eigenvalue weighted by Gasteiger charge is 2.30. The van der Waals surface area contributed by atoms with E-state index in [0.29, 0.717) is 61.2 Å². The molecule has 0 saturated carbocycles. The quantitative estimate of drug-likeness (QED) is 0.147. The molecule has 0 spiro atoms. The van der Waals surface area contributed by atoms with Gasteiger partial charge in [-0.3, -0.25) is 19.2 Å². The van der Waals surface area contributed by atoms with Crippen LogP contribution in [-0.2, 0) is 33.6 Å². The second kappa shape index (κ2) is 17.0. The molecule has 0 aliphatic carbocycles. The van der Waals surface area contributed by atoms with Gasteiger partial charge in [0.15, 0.2) is 0 Å². The number of benzene rings is 3. The maximum absolute atomic E-state index is 14.0. The van der Waals surface area contributed by atoms with E-state index in [1.807, 2.05) is 11.8 Å². The maximum Gasteiger partial charge on any atom is 0.256 e. The first-order valence-corrected chi connectivity index (χ1v) is 19.5. The summed E-state index contributed by atoms with van der Waals surface area (Å²) in [6, 6.07) is 9.69. The Balaban J connectivity index is 0.000000180. The van der Waals surface area contributed by atoms with Crippen molar-refractivity contribution >= 4 is 84.2 Å². The van der Waals surface area contributed by atoms with Gasteiger partial charge in [-0.2, -0.15) is 0 Å². The van der Waals surface area contributed by atoms with Gasteiger partial charge in [0.25, 0.3) is 11.8 Å². The lowest BCUT2D eigenvalue weighted by atomic mass is 10.0. The fourth-order valence-corrected chi connectivity index (χ4v) is 8.09. The monoisotopic (exact) mass is 882 g/mol. The third-order valence-electron chi connectivity index (χ3n) is 9.86. The number of aromatic amines is 1. The molecule has 4 aliphatic rings. The standard InChI is InChI=1S/C24H28BrFN4O2.C8H5BrFNO.C8H6FNO/c1-4-29(5-2)9-10-30-8-6-7-19-21(24(30)32)14(3)20(27-19)13-17-16-11-15(26)12-18(25)22(16)28-23(17)31;9-6-3-5(10)1-4-2-7(12)11-8(4)6;9-6-1-2-7-5(3-6)4-8(11)10-7/h11-13,27H,4-10H2,1-3H3,(H,28,31);1,3H,2H2,(H,11,12);1-3H,4H2,(H,10,11)/b17-13-;;. The van der Waals surface area contributed by atoms with Gasteiger partial charge < -0.3 is 30.7 Å². The Morgan fingerprint density at radius 2 is 1.47 bits per heavy atom. The Bertz CT molecular complexity index is 2240. The van der Waals surface area contributed by atoms with E-state index in [9.17, 15) is 32.3 Å². The lowest BCUT2D eigenvalue weighted by Gasteiger charge is -2.25. The van der Waals surface area contributed by atoms with E-state index in [-0.39, 0.29) is 41.7 Å². The Labute approximate surface area is 333 Å². The molecule has 0 fully saturated rings. The van der Waals surface area contributed by atoms with Crippen LogP contribution in [-0.4, -0.2) is 71.1 Å². The summed E-state index contributed by atoms with van der Waals surface area (Å²) in [4.78, 5) is 55.3. The highest BCUT2D eigenvalue weighted by Crippen LogP contribution is 2.40. The second-order valence-corrected chi connectivity index (χ2v) is 15.1. The molecule has 4 aliphatic heterocycles. The molecule has 0 bridgehead atoms. The molecule has 4 aromatic rings. The fraction of sp³-hybridized carbons (Fsp3) is 0.300. The minimum Gasteiger partial charge on any atom is -0.358 e. The largest absolute Gasteiger partial charge is 0.358 e. The third-order valence-corrected chi connectivity index (χ3v) is 11.1. The van der Waals surface area contributed by atoms with Gasteiger partial charge in [-0.15, -0.1) is 0 Å². The predicted octanol–water partition coefficient (Wildman–Crippen LogP) is 7.85. The second-order valence-electron chi connectivity index (χ2n) is 13.4. The van der Waals surface area contributed by atoms with E-state index in [2.05, 4.69) is 71.5 Å². The summed E-state index contributed by atoms with van der Waals surface area (Å²) in [6.45, 7) is 10.4. The van der Waals surface area contributed by atoms with Gasteiger partial charge in [0.05, 0.1) is 35.4 Å². The van der Waals surface area contributed by atoms with Crippen molar-refractivity contribution in [1.82, 2.24) is 14.8 Å². The molecule has 1 aromatic heterocycles. The van der Waals surface area contributed by atoms with Gasteiger partial charge in [-0.1, -0.05) is 13.8 Å². The molecule has 4 N–H and O–H groups in total. The van der Waals surface area contributed by atoms with Crippen molar-refractivity contribution in [2.24, 2.45) is 0 Å². The number of aromatic nitrogens is 1. The highest BCUT2D eigenvalue weighted by molar-refractivity contribution is 9.11. The van der Waals surface area contributed by atoms with Crippen molar-refractivity contribution in [1.29, 1.82) is 0 Å². The number of fused-ring (bicyclic) bond motifs is 4. The van der Waals surface area contributed by atoms with E-state index in [0.717, 1.165) is 61.5 Å². The lowest BCUT2D eigenvalue weighted by Crippen LogP contribution is -2.38. The molecule has 0 radical (unpaired) electrons. The van der Waals surface area contributed by atoms with Crippen LogP contribution >= 0.6 is 31.9 Å². The number of nitrogens with one attached hydrogen (secondary N) is 4. The molecule has 5 heterocycles. The van der Waals surface area contributed by atoms with Crippen LogP contribution < -0.4 is 16.0 Å². The Kier molecular flexibility index (Phi) is 12.3. The number of anilines is 3. The van der Waals surface area contributed by atoms with Crippen molar-refractivity contribution < 1.29 is 32.3 Å². The van der Waals surface area contributed by atoms with Crippen LogP contribution in [0.5, 0.6) is 0 Å². The lowest BCUT2D eigenvalue weighted by molar-refractivity contribution is -0.115. The normalized spacial score (nSPS) is 15.9. The summed E-state index contributed by atoms with van der Waals surface area (Å²) in [5.74, 6) is -1.44. The predicted molar refractivity (Wildman–Crippen MR) is 213 cm³/mol. The zero-order valence-electron chi connectivity index (χ0n) is 30.4. The fourth-order valence-electron chi connectivity index (χ4n) is 6.99. The van der Waals surface area contributed by atoms with Gasteiger partial charge in [0.1, 0.15) is 17.5 Å². The minimum atomic E-state index is -0.420. The number of H-pyrrole nitrogens is 1. The van der Waals surface area contributed by atoms with Crippen LogP contribution in [0.4, 0.5) is 30.2 Å². The molecule has 8 rings (SSSR count). The molecule has 3 aromatic carbocycles. The Morgan fingerprint density at radius 1 is 0.818 bits per heavy atom. The molecule has 288 valence electrons. The Morgan fingerprint density at radius 3 is 2.20 bits per heavy atom. The zero-order chi connectivity index (χ0) is 39.6. The van der Waals surface area contributed by atoms with Gasteiger partial charge in [-0.25, -0.2) is 13.2 Å².